The molecule has 2 aromatic rings. The van der Waals surface area contributed by atoms with Crippen LogP contribution in [0.1, 0.15) is 32.0 Å². The van der Waals surface area contributed by atoms with Crippen molar-refractivity contribution in [1.29, 1.82) is 0 Å². The number of hydrogen-bond donors (Lipinski definition) is 1. The van der Waals surface area contributed by atoms with Crippen molar-refractivity contribution in [3.05, 3.63) is 41.7 Å². The van der Waals surface area contributed by atoms with Crippen molar-refractivity contribution in [1.82, 2.24) is 9.78 Å². The van der Waals surface area contributed by atoms with Crippen molar-refractivity contribution < 1.29 is 0 Å². The van der Waals surface area contributed by atoms with Crippen molar-refractivity contribution in [2.45, 2.75) is 32.7 Å². The molecule has 0 fully saturated rings. The zero-order valence-electron chi connectivity index (χ0n) is 13.9. The molecule has 0 atom stereocenters. The van der Waals surface area contributed by atoms with Crippen molar-refractivity contribution in [3.8, 4) is 0 Å². The lowest BCUT2D eigenvalue weighted by Gasteiger charge is -2.18. The molecule has 0 saturated carbocycles. The normalized spacial score (nSPS) is 11.5. The first-order valence-corrected chi connectivity index (χ1v) is 7.31. The van der Waals surface area contributed by atoms with E-state index in [0.717, 1.165) is 17.9 Å². The molecule has 0 saturated heterocycles. The highest BCUT2D eigenvalue weighted by Crippen LogP contribution is 2.25. The molecule has 1 N–H and O–H groups in total. The number of anilines is 2. The summed E-state index contributed by atoms with van der Waals surface area (Å²) in [5.74, 6) is 0. The fraction of sp³-hybridized carbons (Fsp3) is 0.471. The van der Waals surface area contributed by atoms with E-state index in [1.165, 1.54) is 11.3 Å². The van der Waals surface area contributed by atoms with Crippen LogP contribution in [0.15, 0.2) is 30.5 Å². The predicted octanol–water partition coefficient (Wildman–Crippen LogP) is 3.40. The van der Waals surface area contributed by atoms with Crippen molar-refractivity contribution >= 4 is 11.4 Å². The summed E-state index contributed by atoms with van der Waals surface area (Å²) in [6, 6.07) is 8.44. The smallest absolute Gasteiger partial charge is 0.0727 e. The van der Waals surface area contributed by atoms with Gasteiger partial charge < -0.3 is 10.2 Å². The Bertz CT molecular complexity index is 605. The summed E-state index contributed by atoms with van der Waals surface area (Å²) in [6.45, 7) is 7.39. The SMILES string of the molecule is CN(C)c1cccc(NCc2cn(C)nc2C(C)(C)C)c1. The van der Waals surface area contributed by atoms with Crippen LogP contribution in [0.2, 0.25) is 0 Å². The fourth-order valence-electron chi connectivity index (χ4n) is 2.39. The highest BCUT2D eigenvalue weighted by atomic mass is 15.3. The lowest BCUT2D eigenvalue weighted by Crippen LogP contribution is -2.16. The Morgan fingerprint density at radius 1 is 1.24 bits per heavy atom. The Morgan fingerprint density at radius 2 is 1.95 bits per heavy atom. The largest absolute Gasteiger partial charge is 0.381 e. The number of rotatable bonds is 4. The molecule has 21 heavy (non-hydrogen) atoms. The molecule has 0 amide bonds. The van der Waals surface area contributed by atoms with Crippen molar-refractivity contribution in [2.75, 3.05) is 24.3 Å². The van der Waals surface area contributed by atoms with Gasteiger partial charge in [0.05, 0.1) is 5.69 Å². The first-order valence-electron chi connectivity index (χ1n) is 7.31. The summed E-state index contributed by atoms with van der Waals surface area (Å²) in [5, 5.41) is 8.11. The van der Waals surface area contributed by atoms with Crippen LogP contribution in [-0.4, -0.2) is 23.9 Å². The second-order valence-electron chi connectivity index (χ2n) is 6.72. The number of nitrogens with zero attached hydrogens (tertiary/aromatic N) is 3. The Kier molecular flexibility index (Phi) is 4.26. The van der Waals surface area contributed by atoms with Crippen LogP contribution in [0, 0.1) is 0 Å². The molecule has 0 aliphatic rings. The van der Waals surface area contributed by atoms with Crippen LogP contribution in [0.4, 0.5) is 11.4 Å². The van der Waals surface area contributed by atoms with Crippen LogP contribution < -0.4 is 10.2 Å². The summed E-state index contributed by atoms with van der Waals surface area (Å²) in [4.78, 5) is 2.11. The number of hydrogen-bond acceptors (Lipinski definition) is 3. The second-order valence-corrected chi connectivity index (χ2v) is 6.72. The average molecular weight is 286 g/mol. The summed E-state index contributed by atoms with van der Waals surface area (Å²) in [5.41, 5.74) is 4.79. The third-order valence-corrected chi connectivity index (χ3v) is 3.46. The van der Waals surface area contributed by atoms with Crippen LogP contribution in [-0.2, 0) is 19.0 Å². The van der Waals surface area contributed by atoms with Gasteiger partial charge in [0.2, 0.25) is 0 Å². The van der Waals surface area contributed by atoms with Crippen molar-refractivity contribution in [3.63, 3.8) is 0 Å². The summed E-state index contributed by atoms with van der Waals surface area (Å²) >= 11 is 0. The molecule has 0 aliphatic heterocycles. The molecule has 1 heterocycles. The quantitative estimate of drug-likeness (QED) is 0.935. The van der Waals surface area contributed by atoms with Gasteiger partial charge in [0.15, 0.2) is 0 Å². The molecule has 0 spiro atoms. The van der Waals surface area contributed by atoms with Gasteiger partial charge in [-0.3, -0.25) is 4.68 Å². The second kappa shape index (κ2) is 5.80. The van der Waals surface area contributed by atoms with Crippen LogP contribution in [0.25, 0.3) is 0 Å². The maximum Gasteiger partial charge on any atom is 0.0727 e. The molecule has 4 nitrogen and oxygen atoms in total. The molecule has 2 rings (SSSR count). The van der Waals surface area contributed by atoms with E-state index in [-0.39, 0.29) is 5.41 Å². The zero-order valence-corrected chi connectivity index (χ0v) is 13.9. The van der Waals surface area contributed by atoms with E-state index in [1.54, 1.807) is 0 Å². The first kappa shape index (κ1) is 15.4. The van der Waals surface area contributed by atoms with Crippen molar-refractivity contribution in [2.24, 2.45) is 7.05 Å². The summed E-state index contributed by atoms with van der Waals surface area (Å²) in [7, 11) is 6.08. The monoisotopic (exact) mass is 286 g/mol. The molecule has 1 aromatic heterocycles. The van der Waals surface area contributed by atoms with E-state index in [9.17, 15) is 0 Å². The molecular weight excluding hydrogens is 260 g/mol. The lowest BCUT2D eigenvalue weighted by molar-refractivity contribution is 0.549. The number of aromatic nitrogens is 2. The van der Waals surface area contributed by atoms with Gasteiger partial charge in [-0.25, -0.2) is 0 Å². The standard InChI is InChI=1S/C17H26N4/c1-17(2,3)16-13(12-21(6)19-16)11-18-14-8-7-9-15(10-14)20(4)5/h7-10,12,18H,11H2,1-6H3. The van der Waals surface area contributed by atoms with E-state index in [2.05, 4.69) is 80.6 Å². The van der Waals surface area contributed by atoms with Crippen LogP contribution in [0.5, 0.6) is 0 Å². The van der Waals surface area contributed by atoms with Crippen LogP contribution >= 0.6 is 0 Å². The third kappa shape index (κ3) is 3.78. The van der Waals surface area contributed by atoms with E-state index in [1.807, 2.05) is 11.7 Å². The van der Waals surface area contributed by atoms with Crippen LogP contribution in [0.3, 0.4) is 0 Å². The maximum atomic E-state index is 4.61. The highest BCUT2D eigenvalue weighted by Gasteiger charge is 2.21. The Labute approximate surface area is 127 Å². The Balaban J connectivity index is 2.15. The van der Waals surface area contributed by atoms with Gasteiger partial charge in [0.1, 0.15) is 0 Å². The number of benzene rings is 1. The van der Waals surface area contributed by atoms with Gasteiger partial charge in [-0.2, -0.15) is 5.10 Å². The summed E-state index contributed by atoms with van der Waals surface area (Å²) < 4.78 is 1.90. The topological polar surface area (TPSA) is 33.1 Å². The van der Waals surface area contributed by atoms with Gasteiger partial charge in [0, 0.05) is 56.2 Å². The Hall–Kier alpha value is -1.97. The minimum atomic E-state index is 0.0593. The van der Waals surface area contributed by atoms with Gasteiger partial charge in [-0.05, 0) is 18.2 Å². The molecule has 114 valence electrons. The maximum absolute atomic E-state index is 4.61. The number of aryl methyl sites for hydroxylation is 1. The fourth-order valence-corrected chi connectivity index (χ4v) is 2.39. The lowest BCUT2D eigenvalue weighted by atomic mass is 9.89. The molecule has 1 aromatic carbocycles. The van der Waals surface area contributed by atoms with Gasteiger partial charge in [0.25, 0.3) is 0 Å². The van der Waals surface area contributed by atoms with Gasteiger partial charge >= 0.3 is 0 Å². The molecule has 0 radical (unpaired) electrons. The number of nitrogens with one attached hydrogen (secondary N) is 1. The molecular formula is C17H26N4. The molecule has 0 unspecified atom stereocenters. The third-order valence-electron chi connectivity index (χ3n) is 3.46. The molecule has 4 heteroatoms. The minimum absolute atomic E-state index is 0.0593. The van der Waals surface area contributed by atoms with Gasteiger partial charge in [-0.15, -0.1) is 0 Å². The molecule has 0 bridgehead atoms. The van der Waals surface area contributed by atoms with E-state index in [4.69, 9.17) is 0 Å². The van der Waals surface area contributed by atoms with E-state index < -0.39 is 0 Å². The minimum Gasteiger partial charge on any atom is -0.381 e. The van der Waals surface area contributed by atoms with E-state index >= 15 is 0 Å². The van der Waals surface area contributed by atoms with E-state index in [0.29, 0.717) is 0 Å². The highest BCUT2D eigenvalue weighted by molar-refractivity contribution is 5.57. The molecule has 0 aliphatic carbocycles. The first-order chi connectivity index (χ1) is 9.77. The van der Waals surface area contributed by atoms with Gasteiger partial charge in [-0.1, -0.05) is 26.8 Å². The summed E-state index contributed by atoms with van der Waals surface area (Å²) in [6.07, 6.45) is 2.10. The predicted molar refractivity (Wildman–Crippen MR) is 90.0 cm³/mol. The average Bonchev–Trinajstić information content (AvgIpc) is 2.78. The Morgan fingerprint density at radius 3 is 2.57 bits per heavy atom. The zero-order chi connectivity index (χ0) is 15.6.